The number of carbonyl (C=O) groups is 1. The van der Waals surface area contributed by atoms with E-state index in [4.69, 9.17) is 0 Å². The monoisotopic (exact) mass is 466 g/mol. The van der Waals surface area contributed by atoms with E-state index in [1.807, 2.05) is 0 Å². The summed E-state index contributed by atoms with van der Waals surface area (Å²) in [6.45, 7) is 14.9. The molecule has 0 N–H and O–H groups in total. The average Bonchev–Trinajstić information content (AvgIpc) is 3.59. The van der Waals surface area contributed by atoms with E-state index >= 15 is 0 Å². The van der Waals surface area contributed by atoms with Gasteiger partial charge in [-0.3, -0.25) is 4.79 Å². The molecule has 3 nitrogen and oxygen atoms in total. The first-order valence-corrected chi connectivity index (χ1v) is 14.8. The molecule has 5 rings (SSSR count). The van der Waals surface area contributed by atoms with E-state index in [-0.39, 0.29) is 5.92 Å². The first kappa shape index (κ1) is 24.4. The molecule has 2 atom stereocenters. The van der Waals surface area contributed by atoms with Crippen LogP contribution in [0.15, 0.2) is 24.4 Å². The first-order valence-electron chi connectivity index (χ1n) is 14.8. The van der Waals surface area contributed by atoms with Crippen LogP contribution in [0.2, 0.25) is 0 Å². The van der Waals surface area contributed by atoms with Gasteiger partial charge in [-0.15, -0.1) is 0 Å². The minimum atomic E-state index is 0.286. The second-order valence-corrected chi connectivity index (χ2v) is 13.2. The Morgan fingerprint density at radius 2 is 1.35 bits per heavy atom. The summed E-state index contributed by atoms with van der Waals surface area (Å²) in [4.78, 5) is 17.9. The van der Waals surface area contributed by atoms with Crippen LogP contribution >= 0.6 is 0 Å². The van der Waals surface area contributed by atoms with Crippen molar-refractivity contribution in [2.24, 2.45) is 35.0 Å². The van der Waals surface area contributed by atoms with E-state index < -0.39 is 0 Å². The van der Waals surface area contributed by atoms with Gasteiger partial charge in [0.15, 0.2) is 0 Å². The summed E-state index contributed by atoms with van der Waals surface area (Å²) in [5.74, 6) is 4.36. The maximum Gasteiger partial charge on any atom is 0.225 e. The van der Waals surface area contributed by atoms with Crippen LogP contribution in [-0.2, 0) is 4.79 Å². The van der Waals surface area contributed by atoms with Gasteiger partial charge in [0.2, 0.25) is 5.91 Å². The highest BCUT2D eigenvalue weighted by molar-refractivity contribution is 5.79. The Kier molecular flexibility index (Phi) is 7.47. The van der Waals surface area contributed by atoms with E-state index in [0.29, 0.717) is 11.3 Å². The van der Waals surface area contributed by atoms with Gasteiger partial charge in [-0.1, -0.05) is 64.2 Å². The third-order valence-electron chi connectivity index (χ3n) is 10.7. The fourth-order valence-corrected chi connectivity index (χ4v) is 7.69. The SMILES string of the molecule is C=C(CC1CCC1)CC1CCCC(C2CCC(C(=O)N3CCN(C(=C)C4(C)CC4)CC3)CC2)C1. The zero-order chi connectivity index (χ0) is 23.7. The molecule has 4 aliphatic carbocycles. The van der Waals surface area contributed by atoms with Crippen LogP contribution in [0, 0.1) is 35.0 Å². The molecule has 1 amide bonds. The van der Waals surface area contributed by atoms with Gasteiger partial charge in [-0.05, 0) is 81.5 Å². The highest BCUT2D eigenvalue weighted by atomic mass is 16.2. The zero-order valence-electron chi connectivity index (χ0n) is 22.0. The van der Waals surface area contributed by atoms with Crippen molar-refractivity contribution >= 4 is 5.91 Å². The third-order valence-corrected chi connectivity index (χ3v) is 10.7. The predicted molar refractivity (Wildman–Crippen MR) is 141 cm³/mol. The topological polar surface area (TPSA) is 23.6 Å². The van der Waals surface area contributed by atoms with Gasteiger partial charge in [0.25, 0.3) is 0 Å². The summed E-state index contributed by atoms with van der Waals surface area (Å²) < 4.78 is 0. The number of hydrogen-bond acceptors (Lipinski definition) is 2. The lowest BCUT2D eigenvalue weighted by Crippen LogP contribution is -2.50. The minimum Gasteiger partial charge on any atom is -0.371 e. The van der Waals surface area contributed by atoms with E-state index in [9.17, 15) is 4.79 Å². The Labute approximate surface area is 209 Å². The van der Waals surface area contributed by atoms with Crippen LogP contribution in [0.1, 0.15) is 103 Å². The molecule has 0 bridgehead atoms. The summed E-state index contributed by atoms with van der Waals surface area (Å²) in [5.41, 5.74) is 3.21. The Morgan fingerprint density at radius 3 is 1.97 bits per heavy atom. The summed E-state index contributed by atoms with van der Waals surface area (Å²) in [5, 5.41) is 0. The summed E-state index contributed by atoms with van der Waals surface area (Å²) >= 11 is 0. The normalized spacial score (nSPS) is 33.8. The van der Waals surface area contributed by atoms with E-state index in [1.54, 1.807) is 5.57 Å². The lowest BCUT2D eigenvalue weighted by molar-refractivity contribution is -0.138. The van der Waals surface area contributed by atoms with Crippen molar-refractivity contribution in [3.05, 3.63) is 24.4 Å². The van der Waals surface area contributed by atoms with Crippen molar-refractivity contribution in [3.63, 3.8) is 0 Å². The lowest BCUT2D eigenvalue weighted by Gasteiger charge is -2.42. The van der Waals surface area contributed by atoms with Crippen molar-refractivity contribution in [1.29, 1.82) is 0 Å². The smallest absolute Gasteiger partial charge is 0.225 e. The van der Waals surface area contributed by atoms with Gasteiger partial charge in [0.05, 0.1) is 0 Å². The van der Waals surface area contributed by atoms with Gasteiger partial charge in [0.1, 0.15) is 0 Å². The quantitative estimate of drug-likeness (QED) is 0.353. The molecule has 0 radical (unpaired) electrons. The number of piperazine rings is 1. The Bertz CT molecular complexity index is 747. The molecule has 2 unspecified atom stereocenters. The van der Waals surface area contributed by atoms with Gasteiger partial charge in [-0.25, -0.2) is 0 Å². The number of amides is 1. The van der Waals surface area contributed by atoms with Crippen molar-refractivity contribution in [2.45, 2.75) is 103 Å². The highest BCUT2D eigenvalue weighted by Crippen LogP contribution is 2.52. The molecule has 1 heterocycles. The summed E-state index contributed by atoms with van der Waals surface area (Å²) in [6.07, 6.45) is 20.0. The van der Waals surface area contributed by atoms with Crippen molar-refractivity contribution < 1.29 is 4.79 Å². The standard InChI is InChI=1S/C31H50N2O/c1-23(20-25-6-4-7-25)21-26-8-5-9-29(22-26)27-10-12-28(13-11-27)30(34)33-18-16-32(17-19-33)24(2)31(3)14-15-31/h25-29H,1-2,4-22H2,3H3. The van der Waals surface area contributed by atoms with E-state index in [2.05, 4.69) is 29.9 Å². The molecule has 0 spiro atoms. The van der Waals surface area contributed by atoms with Crippen molar-refractivity contribution in [1.82, 2.24) is 9.80 Å². The third kappa shape index (κ3) is 5.59. The predicted octanol–water partition coefficient (Wildman–Crippen LogP) is 7.19. The Morgan fingerprint density at radius 1 is 0.765 bits per heavy atom. The van der Waals surface area contributed by atoms with Gasteiger partial charge >= 0.3 is 0 Å². The number of hydrogen-bond donors (Lipinski definition) is 0. The molecular formula is C31H50N2O. The lowest BCUT2D eigenvalue weighted by atomic mass is 9.67. The maximum atomic E-state index is 13.3. The Hall–Kier alpha value is -1.25. The second kappa shape index (κ2) is 10.4. The molecule has 3 heteroatoms. The van der Waals surface area contributed by atoms with Crippen molar-refractivity contribution in [3.8, 4) is 0 Å². The number of carbonyl (C=O) groups excluding carboxylic acids is 1. The van der Waals surface area contributed by atoms with Crippen LogP contribution in [0.3, 0.4) is 0 Å². The van der Waals surface area contributed by atoms with E-state index in [1.165, 1.54) is 89.2 Å². The number of rotatable bonds is 8. The fourth-order valence-electron chi connectivity index (χ4n) is 7.69. The van der Waals surface area contributed by atoms with Gasteiger partial charge in [-0.2, -0.15) is 0 Å². The number of nitrogens with zero attached hydrogens (tertiary/aromatic N) is 2. The number of allylic oxidation sites excluding steroid dienone is 2. The zero-order valence-corrected chi connectivity index (χ0v) is 22.0. The van der Waals surface area contributed by atoms with Crippen molar-refractivity contribution in [2.75, 3.05) is 26.2 Å². The average molecular weight is 467 g/mol. The largest absolute Gasteiger partial charge is 0.371 e. The van der Waals surface area contributed by atoms with Gasteiger partial charge in [0, 0.05) is 43.2 Å². The molecule has 0 aromatic heterocycles. The second-order valence-electron chi connectivity index (χ2n) is 13.2. The van der Waals surface area contributed by atoms with Crippen LogP contribution in [0.25, 0.3) is 0 Å². The molecular weight excluding hydrogens is 416 g/mol. The van der Waals surface area contributed by atoms with E-state index in [0.717, 1.165) is 62.7 Å². The van der Waals surface area contributed by atoms with Gasteiger partial charge < -0.3 is 9.80 Å². The van der Waals surface area contributed by atoms with Crippen LogP contribution in [-0.4, -0.2) is 41.9 Å². The molecule has 1 aliphatic heterocycles. The molecule has 0 aromatic carbocycles. The molecule has 4 saturated carbocycles. The Balaban J connectivity index is 1.03. The molecule has 1 saturated heterocycles. The van der Waals surface area contributed by atoms with Crippen LogP contribution in [0.4, 0.5) is 0 Å². The van der Waals surface area contributed by atoms with Crippen LogP contribution in [0.5, 0.6) is 0 Å². The summed E-state index contributed by atoms with van der Waals surface area (Å²) in [7, 11) is 0. The maximum absolute atomic E-state index is 13.3. The highest BCUT2D eigenvalue weighted by Gasteiger charge is 2.43. The first-order chi connectivity index (χ1) is 16.4. The minimum absolute atomic E-state index is 0.286. The molecule has 34 heavy (non-hydrogen) atoms. The summed E-state index contributed by atoms with van der Waals surface area (Å²) in [6, 6.07) is 0. The molecule has 5 fully saturated rings. The van der Waals surface area contributed by atoms with Crippen LogP contribution < -0.4 is 0 Å². The molecule has 190 valence electrons. The molecule has 5 aliphatic rings. The molecule has 0 aromatic rings. The fraction of sp³-hybridized carbons (Fsp3) is 0.839.